The van der Waals surface area contributed by atoms with Gasteiger partial charge in [-0.05, 0) is 97.6 Å². The van der Waals surface area contributed by atoms with E-state index in [-0.39, 0.29) is 56.4 Å². The molecule has 5 fully saturated rings. The number of benzene rings is 2. The molecule has 4 bridgehead atoms. The maximum Gasteiger partial charge on any atom is 0.243 e. The van der Waals surface area contributed by atoms with Gasteiger partial charge in [-0.2, -0.15) is 0 Å². The SMILES string of the molecule is CC(C)C[C@H]1NC(=O)CCNC(=O)[C@@H](Cc2ccccc2)NC(=O)[C@H](Cc2c[nH]c3ccccc23)NC(=O)[C@@H](CCC(N)=O)NC(=O)[C@H](CC(=O)N(N)CC23CC4CC(CC(C4)C2)C3)NC1=O. The first-order chi connectivity index (χ1) is 32.0. The van der Waals surface area contributed by atoms with Crippen LogP contribution in [0.1, 0.15) is 95.6 Å². The summed E-state index contributed by atoms with van der Waals surface area (Å²) >= 11 is 0. The molecule has 5 atom stereocenters. The van der Waals surface area contributed by atoms with Crippen molar-refractivity contribution in [2.75, 3.05) is 13.1 Å². The molecule has 0 unspecified atom stereocenters. The van der Waals surface area contributed by atoms with Crippen molar-refractivity contribution in [3.63, 3.8) is 0 Å². The quantitative estimate of drug-likeness (QED) is 0.0682. The molecule has 11 N–H and O–H groups in total. The summed E-state index contributed by atoms with van der Waals surface area (Å²) in [5.41, 5.74) is 7.60. The summed E-state index contributed by atoms with van der Waals surface area (Å²) in [6.45, 7) is 3.87. The fourth-order valence-corrected chi connectivity index (χ4v) is 11.3. The third-order valence-corrected chi connectivity index (χ3v) is 14.0. The maximum absolute atomic E-state index is 14.5. The molecule has 2 heterocycles. The monoisotopic (exact) mass is 923 g/mol. The van der Waals surface area contributed by atoms with Crippen LogP contribution >= 0.6 is 0 Å². The Morgan fingerprint density at radius 1 is 0.701 bits per heavy atom. The number of hydrogen-bond acceptors (Lipinski definition) is 9. The number of fused-ring (bicyclic) bond motifs is 1. The van der Waals surface area contributed by atoms with E-state index in [9.17, 15) is 38.4 Å². The van der Waals surface area contributed by atoms with Gasteiger partial charge in [-0.15, -0.1) is 0 Å². The lowest BCUT2D eigenvalue weighted by molar-refractivity contribution is -0.141. The number of nitrogens with two attached hydrogens (primary N) is 2. The minimum atomic E-state index is -1.58. The molecule has 5 aliphatic rings. The molecule has 18 nitrogen and oxygen atoms in total. The molecule has 3 aromatic rings. The number of nitrogens with one attached hydrogen (secondary N) is 7. The normalized spacial score (nSPS) is 28.5. The maximum atomic E-state index is 14.5. The minimum absolute atomic E-state index is 0.0571. The van der Waals surface area contributed by atoms with Crippen LogP contribution in [0.25, 0.3) is 10.9 Å². The minimum Gasteiger partial charge on any atom is -0.370 e. The molecule has 4 saturated carbocycles. The Hall–Kier alpha value is -6.30. The standard InChI is InChI=1S/C49H66N10O8/c1-28(2)16-37-46(65)58-40(22-43(62)59(51)27-49-23-30-17-31(24-49)19-32(18-30)25-49)48(67)55-36(12-13-41(50)60)45(64)57-39(21-33-26-53-35-11-7-6-10-34(33)35)47(66)56-38(20-29-8-4-3-5-9-29)44(63)52-15-14-42(61)54-37/h3-11,26,28,30-32,36-40,53H,12-25,27,51H2,1-2H3,(H2,50,60)(H,52,63)(H,54,61)(H,55,67)(H,56,66)(H,57,64)(H,58,65)/t30?,31?,32?,36-,37-,38-,39+,40+,49?/m1/s1. The van der Waals surface area contributed by atoms with Gasteiger partial charge in [-0.1, -0.05) is 62.4 Å². The van der Waals surface area contributed by atoms with Crippen LogP contribution in [0.4, 0.5) is 0 Å². The fourth-order valence-electron chi connectivity index (χ4n) is 11.3. The number of nitrogens with zero attached hydrogens (tertiary/aromatic N) is 1. The highest BCUT2D eigenvalue weighted by Gasteiger charge is 2.51. The lowest BCUT2D eigenvalue weighted by Gasteiger charge is -2.57. The smallest absolute Gasteiger partial charge is 0.243 e. The number of H-pyrrole nitrogens is 1. The molecule has 8 amide bonds. The van der Waals surface area contributed by atoms with E-state index in [1.165, 1.54) is 19.3 Å². The van der Waals surface area contributed by atoms with Crippen molar-refractivity contribution in [2.24, 2.45) is 40.7 Å². The third kappa shape index (κ3) is 12.8. The molecule has 18 heteroatoms. The molecular weight excluding hydrogens is 857 g/mol. The van der Waals surface area contributed by atoms with Gasteiger partial charge in [0.1, 0.15) is 30.2 Å². The predicted molar refractivity (Wildman–Crippen MR) is 248 cm³/mol. The average molecular weight is 923 g/mol. The zero-order valence-electron chi connectivity index (χ0n) is 38.4. The number of rotatable bonds is 13. The van der Waals surface area contributed by atoms with E-state index in [1.54, 1.807) is 30.5 Å². The Balaban J connectivity index is 1.19. The first-order valence-corrected chi connectivity index (χ1v) is 23.7. The van der Waals surface area contributed by atoms with Gasteiger partial charge >= 0.3 is 0 Å². The highest BCUT2D eigenvalue weighted by molar-refractivity contribution is 5.98. The number of aromatic amines is 1. The van der Waals surface area contributed by atoms with Gasteiger partial charge < -0.3 is 42.6 Å². The summed E-state index contributed by atoms with van der Waals surface area (Å²) in [6, 6.07) is 9.68. The molecule has 1 aliphatic heterocycles. The third-order valence-electron chi connectivity index (χ3n) is 14.0. The summed E-state index contributed by atoms with van der Waals surface area (Å²) in [4.78, 5) is 114. The van der Waals surface area contributed by atoms with E-state index < -0.39 is 83.9 Å². The molecule has 4 aliphatic carbocycles. The van der Waals surface area contributed by atoms with E-state index >= 15 is 0 Å². The molecule has 2 aromatic carbocycles. The van der Waals surface area contributed by atoms with Crippen LogP contribution in [0.3, 0.4) is 0 Å². The Morgan fingerprint density at radius 2 is 1.27 bits per heavy atom. The van der Waals surface area contributed by atoms with Gasteiger partial charge in [-0.3, -0.25) is 43.4 Å². The second-order valence-corrected chi connectivity index (χ2v) is 19.9. The van der Waals surface area contributed by atoms with Gasteiger partial charge in [0, 0.05) is 55.9 Å². The summed E-state index contributed by atoms with van der Waals surface area (Å²) < 4.78 is 0. The zero-order chi connectivity index (χ0) is 47.8. The number of carbonyl (C=O) groups is 8. The van der Waals surface area contributed by atoms with Crippen LogP contribution < -0.4 is 43.5 Å². The van der Waals surface area contributed by atoms with Gasteiger partial charge in [0.05, 0.1) is 6.42 Å². The molecule has 360 valence electrons. The number of hydrogen-bond donors (Lipinski definition) is 9. The number of primary amides is 1. The average Bonchev–Trinajstić information content (AvgIpc) is 3.68. The largest absolute Gasteiger partial charge is 0.370 e. The summed E-state index contributed by atoms with van der Waals surface area (Å²) in [6.07, 6.45) is 6.95. The summed E-state index contributed by atoms with van der Waals surface area (Å²) in [5.74, 6) is 2.44. The van der Waals surface area contributed by atoms with Crippen molar-refractivity contribution in [2.45, 2.75) is 128 Å². The highest BCUT2D eigenvalue weighted by Crippen LogP contribution is 2.60. The highest BCUT2D eigenvalue weighted by atomic mass is 16.2. The summed E-state index contributed by atoms with van der Waals surface area (Å²) in [7, 11) is 0. The van der Waals surface area contributed by atoms with Gasteiger partial charge in [0.25, 0.3) is 0 Å². The molecule has 1 aromatic heterocycles. The Labute approximate surface area is 390 Å². The van der Waals surface area contributed by atoms with Crippen molar-refractivity contribution in [1.29, 1.82) is 0 Å². The number of amides is 8. The lowest BCUT2D eigenvalue weighted by Crippen LogP contribution is -2.60. The van der Waals surface area contributed by atoms with Crippen molar-refractivity contribution < 1.29 is 38.4 Å². The van der Waals surface area contributed by atoms with Crippen LogP contribution in [0.2, 0.25) is 0 Å². The van der Waals surface area contributed by atoms with Crippen LogP contribution in [0.5, 0.6) is 0 Å². The Bertz CT molecular complexity index is 2280. The number of para-hydroxylation sites is 1. The first kappa shape index (κ1) is 48.6. The molecule has 8 rings (SSSR count). The van der Waals surface area contributed by atoms with Gasteiger partial charge in [0.2, 0.25) is 47.3 Å². The van der Waals surface area contributed by atoms with Gasteiger partial charge in [-0.25, -0.2) is 5.84 Å². The molecular formula is C49H66N10O8. The van der Waals surface area contributed by atoms with Crippen molar-refractivity contribution >= 4 is 58.2 Å². The van der Waals surface area contributed by atoms with E-state index in [2.05, 4.69) is 36.9 Å². The van der Waals surface area contributed by atoms with Crippen LogP contribution in [-0.2, 0) is 51.2 Å². The number of carbonyl (C=O) groups excluding carboxylic acids is 8. The molecule has 67 heavy (non-hydrogen) atoms. The van der Waals surface area contributed by atoms with Crippen LogP contribution in [0, 0.1) is 29.1 Å². The first-order valence-electron chi connectivity index (χ1n) is 23.7. The molecule has 0 spiro atoms. The second kappa shape index (κ2) is 21.6. The van der Waals surface area contributed by atoms with Crippen molar-refractivity contribution in [3.05, 3.63) is 71.9 Å². The number of hydrazine groups is 1. The molecule has 1 saturated heterocycles. The van der Waals surface area contributed by atoms with E-state index in [0.717, 1.165) is 40.7 Å². The topological polar surface area (TPSA) is 280 Å². The van der Waals surface area contributed by atoms with Gasteiger partial charge in [0.15, 0.2) is 0 Å². The zero-order valence-corrected chi connectivity index (χ0v) is 38.4. The Kier molecular flexibility index (Phi) is 15.6. The second-order valence-electron chi connectivity index (χ2n) is 19.9. The van der Waals surface area contributed by atoms with Crippen LogP contribution in [-0.4, -0.2) is 101 Å². The van der Waals surface area contributed by atoms with E-state index in [1.807, 2.05) is 44.2 Å². The lowest BCUT2D eigenvalue weighted by atomic mass is 9.49. The Morgan fingerprint density at radius 3 is 1.93 bits per heavy atom. The van der Waals surface area contributed by atoms with Crippen LogP contribution in [0.15, 0.2) is 60.8 Å². The summed E-state index contributed by atoms with van der Waals surface area (Å²) in [5, 5.41) is 18.3. The van der Waals surface area contributed by atoms with E-state index in [4.69, 9.17) is 11.6 Å². The van der Waals surface area contributed by atoms with Crippen molar-refractivity contribution in [1.82, 2.24) is 41.9 Å². The fraction of sp³-hybridized carbons (Fsp3) is 0.551. The molecule has 0 radical (unpaired) electrons. The predicted octanol–water partition coefficient (Wildman–Crippen LogP) is 1.52. The number of aromatic nitrogens is 1. The van der Waals surface area contributed by atoms with Crippen molar-refractivity contribution in [3.8, 4) is 0 Å². The van der Waals surface area contributed by atoms with E-state index in [0.29, 0.717) is 29.9 Å².